The highest BCUT2D eigenvalue weighted by Crippen LogP contribution is 2.29. The van der Waals surface area contributed by atoms with Gasteiger partial charge in [-0.05, 0) is 12.5 Å². The van der Waals surface area contributed by atoms with Gasteiger partial charge in [-0.3, -0.25) is 9.48 Å². The van der Waals surface area contributed by atoms with Crippen LogP contribution in [0.25, 0.3) is 11.5 Å². The van der Waals surface area contributed by atoms with Crippen LogP contribution in [0.4, 0.5) is 0 Å². The first kappa shape index (κ1) is 18.3. The van der Waals surface area contributed by atoms with Gasteiger partial charge in [0, 0.05) is 31.3 Å². The lowest BCUT2D eigenvalue weighted by atomic mass is 10.0. The largest absolute Gasteiger partial charge is 0.438 e. The zero-order valence-corrected chi connectivity index (χ0v) is 16.8. The number of aryl methyl sites for hydroxylation is 2. The number of amides is 1. The number of carbonyl (C=O) groups excluding carboxylic acids is 1. The zero-order chi connectivity index (χ0) is 20.7. The summed E-state index contributed by atoms with van der Waals surface area (Å²) >= 11 is 0. The van der Waals surface area contributed by atoms with E-state index in [4.69, 9.17) is 9.52 Å². The lowest BCUT2D eigenvalue weighted by Gasteiger charge is -2.27. The maximum atomic E-state index is 12.9. The van der Waals surface area contributed by atoms with Crippen molar-refractivity contribution < 1.29 is 9.21 Å². The Hall–Kier alpha value is -3.75. The molecule has 1 aliphatic rings. The second-order valence-electron chi connectivity index (χ2n) is 7.41. The van der Waals surface area contributed by atoms with E-state index in [9.17, 15) is 4.79 Å². The fourth-order valence-electron chi connectivity index (χ4n) is 3.93. The second kappa shape index (κ2) is 7.25. The fourth-order valence-corrected chi connectivity index (χ4v) is 3.93. The molecule has 9 heteroatoms. The summed E-state index contributed by atoms with van der Waals surface area (Å²) in [5, 5.41) is 13.2. The number of oxazole rings is 1. The third-order valence-electron chi connectivity index (χ3n) is 5.49. The molecular weight excluding hydrogens is 382 g/mol. The molecule has 0 atom stereocenters. The van der Waals surface area contributed by atoms with Crippen LogP contribution < -0.4 is 0 Å². The summed E-state index contributed by atoms with van der Waals surface area (Å²) in [4.78, 5) is 18.8. The van der Waals surface area contributed by atoms with E-state index in [2.05, 4.69) is 27.3 Å². The Morgan fingerprint density at radius 2 is 2.07 bits per heavy atom. The minimum Gasteiger partial charge on any atom is -0.438 e. The highest BCUT2D eigenvalue weighted by atomic mass is 16.3. The van der Waals surface area contributed by atoms with Crippen LogP contribution in [-0.4, -0.2) is 46.9 Å². The topological polar surface area (TPSA) is 94.9 Å². The molecule has 5 rings (SSSR count). The lowest BCUT2D eigenvalue weighted by molar-refractivity contribution is 0.0700. The van der Waals surface area contributed by atoms with Crippen LogP contribution in [0.1, 0.15) is 33.1 Å². The Kier molecular flexibility index (Phi) is 4.42. The van der Waals surface area contributed by atoms with Crippen molar-refractivity contribution >= 4 is 5.91 Å². The van der Waals surface area contributed by atoms with Crippen molar-refractivity contribution in [1.29, 1.82) is 0 Å². The average Bonchev–Trinajstić information content (AvgIpc) is 3.47. The molecule has 1 aliphatic heterocycles. The number of rotatable bonds is 4. The van der Waals surface area contributed by atoms with Crippen molar-refractivity contribution in [3.8, 4) is 11.5 Å². The predicted octanol–water partition coefficient (Wildman–Crippen LogP) is 2.22. The molecule has 0 bridgehead atoms. The van der Waals surface area contributed by atoms with Gasteiger partial charge in [-0.15, -0.1) is 10.2 Å². The number of fused-ring (bicyclic) bond motifs is 1. The van der Waals surface area contributed by atoms with E-state index in [1.807, 2.05) is 34.5 Å². The Labute approximate surface area is 173 Å². The van der Waals surface area contributed by atoms with Crippen LogP contribution in [0.5, 0.6) is 0 Å². The Morgan fingerprint density at radius 3 is 2.83 bits per heavy atom. The van der Waals surface area contributed by atoms with Crippen molar-refractivity contribution in [3.63, 3.8) is 0 Å². The quantitative estimate of drug-likeness (QED) is 0.519. The van der Waals surface area contributed by atoms with Gasteiger partial charge in [0.05, 0.1) is 18.8 Å². The lowest BCUT2D eigenvalue weighted by Crippen LogP contribution is -2.36. The minimum absolute atomic E-state index is 0.156. The second-order valence-corrected chi connectivity index (χ2v) is 7.41. The van der Waals surface area contributed by atoms with Crippen LogP contribution in [0.3, 0.4) is 0 Å². The first-order chi connectivity index (χ1) is 14.6. The van der Waals surface area contributed by atoms with Crippen molar-refractivity contribution in [2.75, 3.05) is 6.54 Å². The van der Waals surface area contributed by atoms with Crippen LogP contribution in [-0.2, 0) is 26.6 Å². The summed E-state index contributed by atoms with van der Waals surface area (Å²) < 4.78 is 9.18. The van der Waals surface area contributed by atoms with Crippen molar-refractivity contribution in [2.24, 2.45) is 7.05 Å². The van der Waals surface area contributed by atoms with Crippen molar-refractivity contribution in [1.82, 2.24) is 34.4 Å². The van der Waals surface area contributed by atoms with E-state index in [1.54, 1.807) is 18.2 Å². The number of hydrogen-bond acceptors (Lipinski definition) is 6. The molecule has 0 unspecified atom stereocenters. The molecule has 0 saturated carbocycles. The molecule has 0 fully saturated rings. The summed E-state index contributed by atoms with van der Waals surface area (Å²) in [7, 11) is 1.93. The molecule has 0 saturated heterocycles. The fraction of sp³-hybridized carbons (Fsp3) is 0.286. The highest BCUT2D eigenvalue weighted by molar-refractivity contribution is 5.92. The maximum absolute atomic E-state index is 12.9. The standard InChI is InChI=1S/C21H21N7O2/c1-14-19(30-13-22-14)21(29)27-9-8-17-16(11-27)18(25-26(17)2)20-24-23-12-28(20)10-15-6-4-3-5-7-15/h3-7,12-13H,8-11H2,1-2H3. The molecule has 4 heterocycles. The Bertz CT molecular complexity index is 1210. The first-order valence-corrected chi connectivity index (χ1v) is 9.78. The van der Waals surface area contributed by atoms with Gasteiger partial charge in [0.15, 0.2) is 12.2 Å². The molecule has 0 aliphatic carbocycles. The number of aromatic nitrogens is 6. The number of hydrogen-bond donors (Lipinski definition) is 0. The van der Waals surface area contributed by atoms with E-state index < -0.39 is 0 Å². The summed E-state index contributed by atoms with van der Waals surface area (Å²) in [6, 6.07) is 10.1. The van der Waals surface area contributed by atoms with Gasteiger partial charge >= 0.3 is 0 Å². The van der Waals surface area contributed by atoms with E-state index in [-0.39, 0.29) is 11.7 Å². The first-order valence-electron chi connectivity index (χ1n) is 9.78. The number of nitrogens with zero attached hydrogens (tertiary/aromatic N) is 7. The van der Waals surface area contributed by atoms with E-state index in [0.717, 1.165) is 22.5 Å². The monoisotopic (exact) mass is 403 g/mol. The molecule has 30 heavy (non-hydrogen) atoms. The molecule has 1 aromatic carbocycles. The molecule has 1 amide bonds. The van der Waals surface area contributed by atoms with Gasteiger partial charge in [-0.25, -0.2) is 4.98 Å². The van der Waals surface area contributed by atoms with Crippen LogP contribution in [0.2, 0.25) is 0 Å². The minimum atomic E-state index is -0.156. The third-order valence-corrected chi connectivity index (χ3v) is 5.49. The number of carbonyl (C=O) groups is 1. The maximum Gasteiger partial charge on any atom is 0.291 e. The van der Waals surface area contributed by atoms with Crippen molar-refractivity contribution in [2.45, 2.75) is 26.4 Å². The summed E-state index contributed by atoms with van der Waals surface area (Å²) in [5.74, 6) is 0.827. The third kappa shape index (κ3) is 3.08. The van der Waals surface area contributed by atoms with Gasteiger partial charge in [-0.2, -0.15) is 5.10 Å². The smallest absolute Gasteiger partial charge is 0.291 e. The highest BCUT2D eigenvalue weighted by Gasteiger charge is 2.31. The van der Waals surface area contributed by atoms with Crippen molar-refractivity contribution in [3.05, 3.63) is 71.3 Å². The SMILES string of the molecule is Cc1ncoc1C(=O)N1CCc2c(c(-c3nncn3Cc3ccccc3)nn2C)C1. The van der Waals surface area contributed by atoms with E-state index in [0.29, 0.717) is 37.6 Å². The van der Waals surface area contributed by atoms with Gasteiger partial charge in [0.1, 0.15) is 12.0 Å². The van der Waals surface area contributed by atoms with Gasteiger partial charge in [0.2, 0.25) is 5.76 Å². The molecule has 3 aromatic heterocycles. The summed E-state index contributed by atoms with van der Waals surface area (Å²) in [6.07, 6.45) is 3.73. The van der Waals surface area contributed by atoms with Crippen LogP contribution >= 0.6 is 0 Å². The molecule has 4 aromatic rings. The zero-order valence-electron chi connectivity index (χ0n) is 16.8. The molecule has 152 valence electrons. The Morgan fingerprint density at radius 1 is 1.23 bits per heavy atom. The van der Waals surface area contributed by atoms with E-state index >= 15 is 0 Å². The van der Waals surface area contributed by atoms with Crippen LogP contribution in [0.15, 0.2) is 47.5 Å². The van der Waals surface area contributed by atoms with Crippen LogP contribution in [0, 0.1) is 6.92 Å². The molecular formula is C21H21N7O2. The normalized spacial score (nSPS) is 13.5. The van der Waals surface area contributed by atoms with Gasteiger partial charge < -0.3 is 13.9 Å². The predicted molar refractivity (Wildman–Crippen MR) is 107 cm³/mol. The summed E-state index contributed by atoms with van der Waals surface area (Å²) in [5.41, 5.74) is 4.61. The summed E-state index contributed by atoms with van der Waals surface area (Å²) in [6.45, 7) is 3.46. The average molecular weight is 403 g/mol. The van der Waals surface area contributed by atoms with Gasteiger partial charge in [0.25, 0.3) is 5.91 Å². The molecule has 9 nitrogen and oxygen atoms in total. The molecule has 0 radical (unpaired) electrons. The van der Waals surface area contributed by atoms with E-state index in [1.165, 1.54) is 6.39 Å². The molecule has 0 N–H and O–H groups in total. The number of benzene rings is 1. The Balaban J connectivity index is 1.48. The van der Waals surface area contributed by atoms with Gasteiger partial charge in [-0.1, -0.05) is 30.3 Å². The molecule has 0 spiro atoms.